The fraction of sp³-hybridized carbons (Fsp3) is 0.294. The Hall–Kier alpha value is -2.56. The van der Waals surface area contributed by atoms with Crippen molar-refractivity contribution in [1.29, 1.82) is 0 Å². The Morgan fingerprint density at radius 3 is 2.50 bits per heavy atom. The minimum atomic E-state index is -0.630. The van der Waals surface area contributed by atoms with Crippen LogP contribution in [0.3, 0.4) is 0 Å². The first-order valence-corrected chi connectivity index (χ1v) is 7.18. The normalized spacial score (nSPS) is 23.4. The Labute approximate surface area is 128 Å². The van der Waals surface area contributed by atoms with E-state index in [1.165, 1.54) is 4.90 Å². The maximum atomic E-state index is 12.3. The van der Waals surface area contributed by atoms with E-state index in [9.17, 15) is 9.59 Å². The molecule has 2 atom stereocenters. The molecule has 1 amide bonds. The van der Waals surface area contributed by atoms with Crippen molar-refractivity contribution in [2.45, 2.75) is 33.0 Å². The minimum absolute atomic E-state index is 0.415. The van der Waals surface area contributed by atoms with Crippen LogP contribution in [0.15, 0.2) is 42.2 Å². The largest absolute Gasteiger partial charge is 0.440 e. The maximum absolute atomic E-state index is 12.3. The van der Waals surface area contributed by atoms with E-state index in [2.05, 4.69) is 0 Å². The van der Waals surface area contributed by atoms with E-state index >= 15 is 0 Å². The van der Waals surface area contributed by atoms with Crippen molar-refractivity contribution in [3.63, 3.8) is 0 Å². The number of allylic oxidation sites excluding steroid dienone is 3. The van der Waals surface area contributed by atoms with Gasteiger partial charge in [0.05, 0.1) is 0 Å². The number of esters is 1. The molecule has 2 aliphatic rings. The molecule has 1 aromatic carbocycles. The van der Waals surface area contributed by atoms with Crippen LogP contribution in [0.5, 0.6) is 0 Å². The highest BCUT2D eigenvalue weighted by molar-refractivity contribution is 5.90. The first-order valence-electron chi connectivity index (χ1n) is 7.18. The second kappa shape index (κ2) is 5.33. The number of cyclic esters (lactones) is 1. The van der Waals surface area contributed by atoms with Crippen molar-refractivity contribution in [2.24, 2.45) is 0 Å². The van der Waals surface area contributed by atoms with Crippen molar-refractivity contribution in [1.82, 2.24) is 4.90 Å². The van der Waals surface area contributed by atoms with Crippen molar-refractivity contribution >= 4 is 17.6 Å². The van der Waals surface area contributed by atoms with Crippen LogP contribution in [0.1, 0.15) is 25.0 Å². The van der Waals surface area contributed by atoms with Crippen LogP contribution in [0.25, 0.3) is 5.57 Å². The van der Waals surface area contributed by atoms with Crippen LogP contribution in [0.4, 0.5) is 4.79 Å². The van der Waals surface area contributed by atoms with Gasteiger partial charge in [0.25, 0.3) is 0 Å². The molecule has 1 aromatic rings. The highest BCUT2D eigenvalue weighted by Gasteiger charge is 2.41. The molecule has 0 radical (unpaired) electrons. The summed E-state index contributed by atoms with van der Waals surface area (Å²) < 4.78 is 10.5. The second-order valence-corrected chi connectivity index (χ2v) is 5.41. The van der Waals surface area contributed by atoms with Gasteiger partial charge in [0, 0.05) is 5.57 Å². The van der Waals surface area contributed by atoms with Gasteiger partial charge < -0.3 is 9.47 Å². The number of benzene rings is 1. The van der Waals surface area contributed by atoms with E-state index in [-0.39, 0.29) is 0 Å². The SMILES string of the molecule is Cc1ccccc1C1=CC=C1OC(=O)N1C(C)OC(=O)C1C. The summed E-state index contributed by atoms with van der Waals surface area (Å²) in [4.78, 5) is 25.1. The molecule has 1 fully saturated rings. The molecule has 0 aromatic heterocycles. The summed E-state index contributed by atoms with van der Waals surface area (Å²) in [5, 5.41) is 0. The predicted molar refractivity (Wildman–Crippen MR) is 80.6 cm³/mol. The number of rotatable bonds is 2. The summed E-state index contributed by atoms with van der Waals surface area (Å²) in [6.45, 7) is 5.28. The minimum Gasteiger partial charge on any atom is -0.440 e. The van der Waals surface area contributed by atoms with Gasteiger partial charge in [-0.15, -0.1) is 0 Å². The van der Waals surface area contributed by atoms with E-state index in [1.807, 2.05) is 37.3 Å². The van der Waals surface area contributed by atoms with E-state index in [4.69, 9.17) is 9.47 Å². The van der Waals surface area contributed by atoms with Gasteiger partial charge in [-0.25, -0.2) is 9.59 Å². The van der Waals surface area contributed by atoms with Crippen LogP contribution in [0.2, 0.25) is 0 Å². The Kier molecular flexibility index (Phi) is 3.48. The summed E-state index contributed by atoms with van der Waals surface area (Å²) in [6, 6.07) is 7.26. The molecule has 1 saturated heterocycles. The number of hydrogen-bond donors (Lipinski definition) is 0. The average Bonchev–Trinajstić information content (AvgIpc) is 2.71. The summed E-state index contributed by atoms with van der Waals surface area (Å²) in [5.74, 6) is 0.0970. The van der Waals surface area contributed by atoms with Crippen molar-refractivity contribution in [2.75, 3.05) is 0 Å². The Morgan fingerprint density at radius 2 is 1.95 bits per heavy atom. The number of carbonyl (C=O) groups excluding carboxylic acids is 2. The third-order valence-corrected chi connectivity index (χ3v) is 3.95. The fourth-order valence-electron chi connectivity index (χ4n) is 2.63. The Balaban J connectivity index is 1.71. The highest BCUT2D eigenvalue weighted by Crippen LogP contribution is 2.34. The Morgan fingerprint density at radius 1 is 1.23 bits per heavy atom. The lowest BCUT2D eigenvalue weighted by atomic mass is 9.93. The molecule has 114 valence electrons. The van der Waals surface area contributed by atoms with Gasteiger partial charge in [-0.1, -0.05) is 24.3 Å². The molecule has 22 heavy (non-hydrogen) atoms. The number of hydrogen-bond acceptors (Lipinski definition) is 4. The smallest absolute Gasteiger partial charge is 0.418 e. The van der Waals surface area contributed by atoms with Crippen LogP contribution >= 0.6 is 0 Å². The van der Waals surface area contributed by atoms with Crippen LogP contribution in [-0.2, 0) is 14.3 Å². The monoisotopic (exact) mass is 299 g/mol. The standard InChI is InChI=1S/C17H17NO4/c1-10-6-4-5-7-13(10)14-8-9-15(14)22-17(20)18-11(2)16(19)21-12(18)3/h4-9,11-12H,1-3H3. The molecule has 0 N–H and O–H groups in total. The molecule has 3 rings (SSSR count). The molecule has 1 heterocycles. The topological polar surface area (TPSA) is 55.8 Å². The third-order valence-electron chi connectivity index (χ3n) is 3.95. The summed E-state index contributed by atoms with van der Waals surface area (Å²) >= 11 is 0. The number of nitrogens with zero attached hydrogens (tertiary/aromatic N) is 1. The molecule has 0 saturated carbocycles. The lowest BCUT2D eigenvalue weighted by Gasteiger charge is -2.25. The zero-order chi connectivity index (χ0) is 15.9. The molecule has 0 spiro atoms. The molecule has 0 bridgehead atoms. The first kappa shape index (κ1) is 14.4. The summed E-state index contributed by atoms with van der Waals surface area (Å²) in [7, 11) is 0. The van der Waals surface area contributed by atoms with Gasteiger partial charge in [0.1, 0.15) is 11.8 Å². The van der Waals surface area contributed by atoms with Crippen LogP contribution < -0.4 is 0 Å². The molecule has 5 heteroatoms. The van der Waals surface area contributed by atoms with E-state index < -0.39 is 24.3 Å². The van der Waals surface area contributed by atoms with Gasteiger partial charge >= 0.3 is 12.1 Å². The van der Waals surface area contributed by atoms with Crippen molar-refractivity contribution in [3.8, 4) is 0 Å². The van der Waals surface area contributed by atoms with Crippen LogP contribution in [0, 0.1) is 6.92 Å². The number of carbonyl (C=O) groups is 2. The highest BCUT2D eigenvalue weighted by atomic mass is 16.6. The number of aryl methyl sites for hydroxylation is 1. The zero-order valence-corrected chi connectivity index (χ0v) is 12.7. The molecular weight excluding hydrogens is 282 g/mol. The van der Waals surface area contributed by atoms with Gasteiger partial charge in [-0.3, -0.25) is 4.90 Å². The first-order chi connectivity index (χ1) is 10.5. The zero-order valence-electron chi connectivity index (χ0n) is 12.7. The molecule has 1 aliphatic carbocycles. The van der Waals surface area contributed by atoms with Gasteiger partial charge in [0.15, 0.2) is 6.23 Å². The summed E-state index contributed by atoms with van der Waals surface area (Å²) in [5.41, 5.74) is 3.03. The number of amides is 1. The number of ether oxygens (including phenoxy) is 2. The van der Waals surface area contributed by atoms with Gasteiger partial charge in [-0.05, 0) is 44.1 Å². The van der Waals surface area contributed by atoms with Crippen molar-refractivity contribution in [3.05, 3.63) is 53.3 Å². The average molecular weight is 299 g/mol. The quantitative estimate of drug-likeness (QED) is 0.788. The van der Waals surface area contributed by atoms with Crippen LogP contribution in [-0.4, -0.2) is 29.2 Å². The fourth-order valence-corrected chi connectivity index (χ4v) is 2.63. The van der Waals surface area contributed by atoms with E-state index in [0.717, 1.165) is 16.7 Å². The van der Waals surface area contributed by atoms with E-state index in [0.29, 0.717) is 5.76 Å². The summed E-state index contributed by atoms with van der Waals surface area (Å²) in [6.07, 6.45) is 2.47. The second-order valence-electron chi connectivity index (χ2n) is 5.41. The predicted octanol–water partition coefficient (Wildman–Crippen LogP) is 3.01. The van der Waals surface area contributed by atoms with E-state index in [1.54, 1.807) is 19.9 Å². The maximum Gasteiger partial charge on any atom is 0.418 e. The lowest BCUT2D eigenvalue weighted by molar-refractivity contribution is -0.141. The van der Waals surface area contributed by atoms with Gasteiger partial charge in [0.2, 0.25) is 0 Å². The van der Waals surface area contributed by atoms with Crippen molar-refractivity contribution < 1.29 is 19.1 Å². The Bertz CT molecular complexity index is 704. The lowest BCUT2D eigenvalue weighted by Crippen LogP contribution is -2.40. The molecule has 1 aliphatic heterocycles. The molecule has 5 nitrogen and oxygen atoms in total. The third kappa shape index (κ3) is 2.28. The van der Waals surface area contributed by atoms with Gasteiger partial charge in [-0.2, -0.15) is 0 Å². The molecule has 2 unspecified atom stereocenters. The molecular formula is C17H17NO4.